The Morgan fingerprint density at radius 1 is 1.14 bits per heavy atom. The minimum absolute atomic E-state index is 0.0377. The van der Waals surface area contributed by atoms with Gasteiger partial charge in [0.1, 0.15) is 6.67 Å². The molecule has 2 aromatic rings. The van der Waals surface area contributed by atoms with Crippen LogP contribution in [0.5, 0.6) is 5.88 Å². The summed E-state index contributed by atoms with van der Waals surface area (Å²) in [4.78, 5) is 5.45. The molecule has 0 aliphatic heterocycles. The topological polar surface area (TPSA) is 56.6 Å². The van der Waals surface area contributed by atoms with Gasteiger partial charge in [0.2, 0.25) is 5.88 Å². The van der Waals surface area contributed by atoms with E-state index in [0.717, 1.165) is 11.3 Å². The van der Waals surface area contributed by atoms with Gasteiger partial charge >= 0.3 is 0 Å². The van der Waals surface area contributed by atoms with Crippen LogP contribution < -0.4 is 4.90 Å². The zero-order chi connectivity index (χ0) is 15.9. The molecule has 1 heterocycles. The van der Waals surface area contributed by atoms with E-state index in [0.29, 0.717) is 5.56 Å². The molecular formula is C17H17FN2O2. The third kappa shape index (κ3) is 3.96. The summed E-state index contributed by atoms with van der Waals surface area (Å²) in [5, 5.41) is 18.2. The van der Waals surface area contributed by atoms with Crippen molar-refractivity contribution in [1.82, 2.24) is 4.98 Å². The van der Waals surface area contributed by atoms with E-state index in [4.69, 9.17) is 10.2 Å². The molecule has 0 radical (unpaired) electrons. The number of pyridine rings is 1. The molecule has 0 amide bonds. The highest BCUT2D eigenvalue weighted by atomic mass is 19.1. The summed E-state index contributed by atoms with van der Waals surface area (Å²) < 4.78 is 12.8. The molecule has 0 spiro atoms. The number of anilines is 1. The number of halogens is 1. The molecule has 1 unspecified atom stereocenters. The van der Waals surface area contributed by atoms with Gasteiger partial charge in [0.15, 0.2) is 0 Å². The Morgan fingerprint density at radius 2 is 1.77 bits per heavy atom. The SMILES string of the molecule is CN(c1ccc(C#Cc2ccc(O)nc2)cc1)C(CO)CF. The number of benzene rings is 1. The van der Waals surface area contributed by atoms with Crippen LogP contribution in [0.4, 0.5) is 10.1 Å². The summed E-state index contributed by atoms with van der Waals surface area (Å²) >= 11 is 0. The van der Waals surface area contributed by atoms with Crippen LogP contribution in [-0.4, -0.2) is 41.6 Å². The molecule has 0 saturated carbocycles. The molecule has 0 aliphatic rings. The number of nitrogens with zero attached hydrogens (tertiary/aromatic N) is 2. The maximum Gasteiger partial charge on any atom is 0.210 e. The number of aliphatic hydroxyl groups is 1. The lowest BCUT2D eigenvalue weighted by atomic mass is 10.1. The highest BCUT2D eigenvalue weighted by Gasteiger charge is 2.13. The van der Waals surface area contributed by atoms with Crippen molar-refractivity contribution in [3.63, 3.8) is 0 Å². The molecule has 114 valence electrons. The first-order valence-corrected chi connectivity index (χ1v) is 6.81. The van der Waals surface area contributed by atoms with Gasteiger partial charge in [0.25, 0.3) is 0 Å². The Kier molecular flexibility index (Phi) is 5.34. The summed E-state index contributed by atoms with van der Waals surface area (Å²) in [6, 6.07) is 9.95. The van der Waals surface area contributed by atoms with E-state index in [1.54, 1.807) is 18.0 Å². The summed E-state index contributed by atoms with van der Waals surface area (Å²) in [5.41, 5.74) is 2.33. The fraction of sp³-hybridized carbons (Fsp3) is 0.235. The lowest BCUT2D eigenvalue weighted by molar-refractivity contribution is 0.238. The second-order valence-corrected chi connectivity index (χ2v) is 4.80. The van der Waals surface area contributed by atoms with Crippen LogP contribution in [0.25, 0.3) is 0 Å². The van der Waals surface area contributed by atoms with Crippen molar-refractivity contribution in [3.8, 4) is 17.7 Å². The first kappa shape index (κ1) is 15.8. The van der Waals surface area contributed by atoms with Gasteiger partial charge in [-0.05, 0) is 30.3 Å². The number of alkyl halides is 1. The largest absolute Gasteiger partial charge is 0.493 e. The fourth-order valence-corrected chi connectivity index (χ4v) is 1.87. The van der Waals surface area contributed by atoms with Crippen LogP contribution in [-0.2, 0) is 0 Å². The van der Waals surface area contributed by atoms with Crippen LogP contribution in [0.15, 0.2) is 42.6 Å². The molecule has 0 fully saturated rings. The van der Waals surface area contributed by atoms with Gasteiger partial charge in [-0.25, -0.2) is 9.37 Å². The number of rotatable bonds is 4. The monoisotopic (exact) mass is 300 g/mol. The van der Waals surface area contributed by atoms with E-state index in [1.165, 1.54) is 12.3 Å². The summed E-state index contributed by atoms with van der Waals surface area (Å²) in [5.74, 6) is 5.90. The molecule has 0 saturated heterocycles. The van der Waals surface area contributed by atoms with Crippen molar-refractivity contribution < 1.29 is 14.6 Å². The number of aromatic hydroxyl groups is 1. The van der Waals surface area contributed by atoms with Gasteiger partial charge in [-0.1, -0.05) is 11.8 Å². The smallest absolute Gasteiger partial charge is 0.210 e. The zero-order valence-corrected chi connectivity index (χ0v) is 12.2. The second-order valence-electron chi connectivity index (χ2n) is 4.80. The molecule has 5 heteroatoms. The predicted octanol–water partition coefficient (Wildman–Crippen LogP) is 1.95. The fourth-order valence-electron chi connectivity index (χ4n) is 1.87. The van der Waals surface area contributed by atoms with E-state index in [2.05, 4.69) is 16.8 Å². The van der Waals surface area contributed by atoms with Gasteiger partial charge in [0, 0.05) is 36.1 Å². The first-order chi connectivity index (χ1) is 10.6. The first-order valence-electron chi connectivity index (χ1n) is 6.81. The predicted molar refractivity (Wildman–Crippen MR) is 83.6 cm³/mol. The highest BCUT2D eigenvalue weighted by molar-refractivity contribution is 5.52. The van der Waals surface area contributed by atoms with Crippen molar-refractivity contribution in [1.29, 1.82) is 0 Å². The van der Waals surface area contributed by atoms with Gasteiger partial charge < -0.3 is 15.1 Å². The van der Waals surface area contributed by atoms with Crippen LogP contribution in [0.2, 0.25) is 0 Å². The van der Waals surface area contributed by atoms with Crippen LogP contribution in [0.3, 0.4) is 0 Å². The van der Waals surface area contributed by atoms with Crippen molar-refractivity contribution in [2.75, 3.05) is 25.2 Å². The average molecular weight is 300 g/mol. The number of hydrogen-bond donors (Lipinski definition) is 2. The standard InChI is InChI=1S/C17H17FN2O2/c1-20(16(10-18)12-21)15-7-4-13(5-8-15)2-3-14-6-9-17(22)19-11-14/h4-9,11,16,21H,10,12H2,1H3,(H,19,22). The highest BCUT2D eigenvalue weighted by Crippen LogP contribution is 2.16. The third-order valence-electron chi connectivity index (χ3n) is 3.31. The Morgan fingerprint density at radius 3 is 2.32 bits per heavy atom. The normalized spacial score (nSPS) is 11.4. The van der Waals surface area contributed by atoms with E-state index in [-0.39, 0.29) is 12.5 Å². The quantitative estimate of drug-likeness (QED) is 0.848. The van der Waals surface area contributed by atoms with E-state index in [1.807, 2.05) is 24.3 Å². The van der Waals surface area contributed by atoms with Crippen LogP contribution in [0.1, 0.15) is 11.1 Å². The number of likely N-dealkylation sites (N-methyl/N-ethyl adjacent to an activating group) is 1. The maximum absolute atomic E-state index is 12.8. The van der Waals surface area contributed by atoms with E-state index >= 15 is 0 Å². The minimum atomic E-state index is -0.609. The van der Waals surface area contributed by atoms with Gasteiger partial charge in [-0.3, -0.25) is 0 Å². The number of aliphatic hydroxyl groups excluding tert-OH is 1. The van der Waals surface area contributed by atoms with Crippen LogP contribution in [0, 0.1) is 11.8 Å². The van der Waals surface area contributed by atoms with Gasteiger partial charge in [-0.15, -0.1) is 0 Å². The molecule has 1 atom stereocenters. The summed E-state index contributed by atoms with van der Waals surface area (Å²) in [6.07, 6.45) is 1.50. The zero-order valence-electron chi connectivity index (χ0n) is 12.2. The van der Waals surface area contributed by atoms with Gasteiger partial charge in [-0.2, -0.15) is 0 Å². The van der Waals surface area contributed by atoms with Crippen molar-refractivity contribution in [2.45, 2.75) is 6.04 Å². The summed E-state index contributed by atoms with van der Waals surface area (Å²) in [7, 11) is 1.74. The minimum Gasteiger partial charge on any atom is -0.493 e. The van der Waals surface area contributed by atoms with E-state index in [9.17, 15) is 4.39 Å². The number of hydrogen-bond acceptors (Lipinski definition) is 4. The Labute approximate surface area is 128 Å². The molecule has 2 N–H and O–H groups in total. The second kappa shape index (κ2) is 7.43. The van der Waals surface area contributed by atoms with Crippen molar-refractivity contribution in [2.24, 2.45) is 0 Å². The Hall–Kier alpha value is -2.58. The number of aromatic nitrogens is 1. The van der Waals surface area contributed by atoms with Crippen molar-refractivity contribution in [3.05, 3.63) is 53.7 Å². The molecular weight excluding hydrogens is 283 g/mol. The van der Waals surface area contributed by atoms with Crippen molar-refractivity contribution >= 4 is 5.69 Å². The molecule has 22 heavy (non-hydrogen) atoms. The lowest BCUT2D eigenvalue weighted by Crippen LogP contribution is -2.36. The molecule has 2 rings (SSSR count). The Balaban J connectivity index is 2.11. The summed E-state index contributed by atoms with van der Waals surface area (Å²) in [6.45, 7) is -0.842. The molecule has 1 aromatic carbocycles. The molecule has 0 bridgehead atoms. The van der Waals surface area contributed by atoms with E-state index < -0.39 is 12.7 Å². The average Bonchev–Trinajstić information content (AvgIpc) is 2.56. The Bertz CT molecular complexity index is 656. The lowest BCUT2D eigenvalue weighted by Gasteiger charge is -2.26. The maximum atomic E-state index is 12.8. The van der Waals surface area contributed by atoms with Gasteiger partial charge in [0.05, 0.1) is 12.6 Å². The molecule has 4 nitrogen and oxygen atoms in total. The van der Waals surface area contributed by atoms with Crippen LogP contribution >= 0.6 is 0 Å². The molecule has 0 aliphatic carbocycles. The molecule has 1 aromatic heterocycles. The third-order valence-corrected chi connectivity index (χ3v) is 3.31.